The van der Waals surface area contributed by atoms with Crippen LogP contribution in [0, 0.1) is 13.8 Å². The normalized spacial score (nSPS) is 15.7. The van der Waals surface area contributed by atoms with Crippen LogP contribution in [-0.4, -0.2) is 50.5 Å². The molecule has 0 unspecified atom stereocenters. The highest BCUT2D eigenvalue weighted by Gasteiger charge is 2.26. The van der Waals surface area contributed by atoms with Gasteiger partial charge in [0.15, 0.2) is 11.6 Å². The van der Waals surface area contributed by atoms with E-state index in [1.165, 1.54) is 0 Å². The van der Waals surface area contributed by atoms with Crippen LogP contribution in [0.3, 0.4) is 0 Å². The fourth-order valence-corrected chi connectivity index (χ4v) is 6.52. The van der Waals surface area contributed by atoms with Gasteiger partial charge >= 0.3 is 0 Å². The van der Waals surface area contributed by atoms with Crippen molar-refractivity contribution in [2.45, 2.75) is 33.4 Å². The molecule has 0 radical (unpaired) electrons. The number of benzene rings is 2. The number of allylic oxidation sites excluding steroid dienone is 2. The molecule has 10 nitrogen and oxygen atoms in total. The van der Waals surface area contributed by atoms with E-state index in [1.807, 2.05) is 78.5 Å². The molecule has 3 aliphatic rings. The lowest BCUT2D eigenvalue weighted by Crippen LogP contribution is -2.27. The van der Waals surface area contributed by atoms with Gasteiger partial charge in [-0.2, -0.15) is 0 Å². The highest BCUT2D eigenvalue weighted by Crippen LogP contribution is 2.36. The maximum absolute atomic E-state index is 13.4. The van der Waals surface area contributed by atoms with E-state index in [0.717, 1.165) is 87.1 Å². The predicted octanol–water partition coefficient (Wildman–Crippen LogP) is 6.09. The van der Waals surface area contributed by atoms with Gasteiger partial charge in [0.1, 0.15) is 0 Å². The number of nitrogens with one attached hydrogen (secondary N) is 3. The molecule has 1 amide bonds. The van der Waals surface area contributed by atoms with E-state index < -0.39 is 0 Å². The second-order valence-electron chi connectivity index (χ2n) is 12.6. The number of hydroxylamine groups is 2. The summed E-state index contributed by atoms with van der Waals surface area (Å²) in [5.41, 5.74) is 12.2. The van der Waals surface area contributed by atoms with Crippen molar-refractivity contribution < 1.29 is 9.63 Å². The molecule has 0 spiro atoms. The molecule has 5 heterocycles. The van der Waals surface area contributed by atoms with Gasteiger partial charge in [0.05, 0.1) is 30.2 Å². The summed E-state index contributed by atoms with van der Waals surface area (Å²) in [6, 6.07) is 14.1. The second kappa shape index (κ2) is 12.6. The monoisotopic (exact) mass is 640 g/mol. The largest absolute Gasteiger partial charge is 0.405 e. The first-order valence-corrected chi connectivity index (χ1v) is 16.1. The average Bonchev–Trinajstić information content (AvgIpc) is 3.63. The minimum absolute atomic E-state index is 0.210. The Morgan fingerprint density at radius 2 is 1.77 bits per heavy atom. The molecule has 0 atom stereocenters. The first-order valence-electron chi connectivity index (χ1n) is 16.1. The van der Waals surface area contributed by atoms with Crippen LogP contribution in [0.5, 0.6) is 5.75 Å². The molecule has 244 valence electrons. The van der Waals surface area contributed by atoms with Gasteiger partial charge in [-0.15, -0.1) is 5.06 Å². The van der Waals surface area contributed by atoms with E-state index in [4.69, 9.17) is 9.82 Å². The summed E-state index contributed by atoms with van der Waals surface area (Å²) < 4.78 is 1.93. The topological polar surface area (TPSA) is 99.6 Å². The first-order chi connectivity index (χ1) is 23.2. The summed E-state index contributed by atoms with van der Waals surface area (Å²) in [6.45, 7) is 15.5. The molecule has 0 aliphatic carbocycles. The van der Waals surface area contributed by atoms with E-state index in [2.05, 4.69) is 65.1 Å². The number of aromatic nitrogens is 3. The van der Waals surface area contributed by atoms with Gasteiger partial charge in [0.25, 0.3) is 5.91 Å². The number of pyridine rings is 1. The van der Waals surface area contributed by atoms with Crippen molar-refractivity contribution in [3.05, 3.63) is 131 Å². The molecule has 0 saturated carbocycles. The Balaban J connectivity index is 1.06. The molecule has 0 fully saturated rings. The van der Waals surface area contributed by atoms with Crippen LogP contribution in [-0.2, 0) is 26.6 Å². The molecule has 4 aromatic rings. The van der Waals surface area contributed by atoms with E-state index in [-0.39, 0.29) is 5.91 Å². The quantitative estimate of drug-likeness (QED) is 0.213. The number of fused-ring (bicyclic) bond motifs is 2. The highest BCUT2D eigenvalue weighted by molar-refractivity contribution is 6.03. The van der Waals surface area contributed by atoms with Gasteiger partial charge < -0.3 is 30.3 Å². The van der Waals surface area contributed by atoms with Crippen LogP contribution in [0.1, 0.15) is 44.4 Å². The third kappa shape index (κ3) is 5.92. The Labute approximate surface area is 281 Å². The van der Waals surface area contributed by atoms with E-state index in [0.29, 0.717) is 30.3 Å². The summed E-state index contributed by atoms with van der Waals surface area (Å²) >= 11 is 0. The molecular formula is C38H40N8O2. The van der Waals surface area contributed by atoms with Crippen LogP contribution in [0.15, 0.2) is 91.4 Å². The van der Waals surface area contributed by atoms with Gasteiger partial charge in [0, 0.05) is 73.4 Å². The zero-order valence-corrected chi connectivity index (χ0v) is 27.9. The van der Waals surface area contributed by atoms with Crippen LogP contribution in [0.25, 0.3) is 16.8 Å². The van der Waals surface area contributed by atoms with Crippen molar-refractivity contribution in [3.8, 4) is 16.9 Å². The summed E-state index contributed by atoms with van der Waals surface area (Å²) in [5, 5.41) is 11.7. The molecule has 0 bridgehead atoms. The van der Waals surface area contributed by atoms with Gasteiger partial charge in [-0.05, 0) is 66.9 Å². The van der Waals surface area contributed by atoms with E-state index in [9.17, 15) is 4.79 Å². The fraction of sp³-hybridized carbons (Fsp3) is 0.237. The molecule has 0 saturated heterocycles. The van der Waals surface area contributed by atoms with Crippen LogP contribution in [0.2, 0.25) is 0 Å². The molecule has 10 heteroatoms. The number of carbonyl (C=O) groups is 1. The van der Waals surface area contributed by atoms with Crippen molar-refractivity contribution in [1.29, 1.82) is 0 Å². The maximum atomic E-state index is 13.4. The number of likely N-dealkylation sites (N-methyl/N-ethyl adjacent to an activating group) is 1. The Hall–Kier alpha value is -5.45. The standard InChI is InChI=1S/C38H40N8O2/c1-23-29(30-12-8-14-32(24(30)2)43-38(47)37-42-34-22-44(5)17-15-35(34)45(37)6)11-7-13-31(23)41-26(4)33-18-36-28(19-40-33)21-46(48-36)20-27-10-9-16-39-25(27)3/h7-14,16,18-19,39,41H,3-4,15,17,20-22H2,1-2,5-6H3,(H,43,47). The Morgan fingerprint density at radius 1 is 1.04 bits per heavy atom. The third-order valence-electron chi connectivity index (χ3n) is 9.35. The number of rotatable bonds is 8. The lowest BCUT2D eigenvalue weighted by atomic mass is 9.94. The van der Waals surface area contributed by atoms with Crippen LogP contribution < -0.4 is 20.8 Å². The first kappa shape index (κ1) is 31.2. The maximum Gasteiger partial charge on any atom is 0.291 e. The fourth-order valence-electron chi connectivity index (χ4n) is 6.52. The van der Waals surface area contributed by atoms with Gasteiger partial charge in [0.2, 0.25) is 0 Å². The number of dihydropyridines is 1. The van der Waals surface area contributed by atoms with Crippen LogP contribution >= 0.6 is 0 Å². The minimum Gasteiger partial charge on any atom is -0.405 e. The molecule has 48 heavy (non-hydrogen) atoms. The van der Waals surface area contributed by atoms with Gasteiger partial charge in [-0.3, -0.25) is 9.78 Å². The van der Waals surface area contributed by atoms with Crippen LogP contribution in [0.4, 0.5) is 11.4 Å². The third-order valence-corrected chi connectivity index (χ3v) is 9.35. The Bertz CT molecular complexity index is 2040. The van der Waals surface area contributed by atoms with Crippen molar-refractivity contribution in [3.63, 3.8) is 0 Å². The molecular weight excluding hydrogens is 600 g/mol. The number of amides is 1. The summed E-state index contributed by atoms with van der Waals surface area (Å²) in [6.07, 6.45) is 8.60. The molecule has 3 N–H and O–H groups in total. The lowest BCUT2D eigenvalue weighted by molar-refractivity contribution is -0.0328. The highest BCUT2D eigenvalue weighted by atomic mass is 16.7. The second-order valence-corrected chi connectivity index (χ2v) is 12.6. The SMILES string of the molecule is C=C1NC=CC=C1CN1Cc2cnc(C(=C)Nc3cccc(-c4cccc(NC(=O)c5nc6c(n5C)CCN(C)C6)c4C)c3C)cc2O1. The smallest absolute Gasteiger partial charge is 0.291 e. The molecule has 3 aliphatic heterocycles. The Kier molecular flexibility index (Phi) is 8.20. The Morgan fingerprint density at radius 3 is 2.50 bits per heavy atom. The van der Waals surface area contributed by atoms with Gasteiger partial charge in [-0.25, -0.2) is 4.98 Å². The summed E-state index contributed by atoms with van der Waals surface area (Å²) in [7, 11) is 4.00. The summed E-state index contributed by atoms with van der Waals surface area (Å²) in [4.78, 5) is 31.2. The number of hydrogen-bond donors (Lipinski definition) is 3. The average molecular weight is 641 g/mol. The van der Waals surface area contributed by atoms with Crippen molar-refractivity contribution in [2.24, 2.45) is 7.05 Å². The molecule has 7 rings (SSSR count). The number of carbonyl (C=O) groups excluding carboxylic acids is 1. The van der Waals surface area contributed by atoms with Crippen molar-refractivity contribution in [1.82, 2.24) is 29.8 Å². The number of hydrogen-bond acceptors (Lipinski definition) is 8. The van der Waals surface area contributed by atoms with Crippen molar-refractivity contribution in [2.75, 3.05) is 30.8 Å². The summed E-state index contributed by atoms with van der Waals surface area (Å²) in [5.74, 6) is 0.992. The van der Waals surface area contributed by atoms with E-state index in [1.54, 1.807) is 0 Å². The zero-order chi connectivity index (χ0) is 33.5. The van der Waals surface area contributed by atoms with Gasteiger partial charge in [-0.1, -0.05) is 43.5 Å². The van der Waals surface area contributed by atoms with Crippen molar-refractivity contribution >= 4 is 23.0 Å². The molecule has 2 aromatic carbocycles. The molecule has 2 aromatic heterocycles. The number of imidazole rings is 1. The number of nitrogens with zero attached hydrogens (tertiary/aromatic N) is 5. The zero-order valence-electron chi connectivity index (χ0n) is 27.9. The lowest BCUT2D eigenvalue weighted by Gasteiger charge is -2.21. The van der Waals surface area contributed by atoms with E-state index >= 15 is 0 Å². The number of anilines is 2. The minimum atomic E-state index is -0.210. The predicted molar refractivity (Wildman–Crippen MR) is 190 cm³/mol.